The van der Waals surface area contributed by atoms with E-state index >= 15 is 0 Å². The Balaban J connectivity index is 2.49. The molecule has 1 nitrogen and oxygen atoms in total. The van der Waals surface area contributed by atoms with Crippen LogP contribution >= 0.6 is 43.2 Å². The molecular weight excluding hydrogens is 390 g/mol. The summed E-state index contributed by atoms with van der Waals surface area (Å²) in [5.41, 5.74) is 0.129. The maximum atomic E-state index is 13.6. The molecular formula is C12H6Br2F2OS. The number of carbonyl (C=O) groups is 1. The van der Waals surface area contributed by atoms with Gasteiger partial charge in [0.1, 0.15) is 11.6 Å². The molecule has 1 aromatic carbocycles. The van der Waals surface area contributed by atoms with Gasteiger partial charge in [-0.25, -0.2) is 8.78 Å². The second-order valence-electron chi connectivity index (χ2n) is 3.64. The molecule has 0 aliphatic rings. The van der Waals surface area contributed by atoms with Gasteiger partial charge < -0.3 is 0 Å². The van der Waals surface area contributed by atoms with Crippen LogP contribution in [0.3, 0.4) is 0 Å². The van der Waals surface area contributed by atoms with Gasteiger partial charge in [-0.2, -0.15) is 0 Å². The lowest BCUT2D eigenvalue weighted by molar-refractivity contribution is 0.103. The summed E-state index contributed by atoms with van der Waals surface area (Å²) in [6, 6.07) is 3.57. The quantitative estimate of drug-likeness (QED) is 0.647. The largest absolute Gasteiger partial charge is 0.288 e. The van der Waals surface area contributed by atoms with Crippen LogP contribution in [0.1, 0.15) is 20.8 Å². The van der Waals surface area contributed by atoms with Crippen LogP contribution in [0.15, 0.2) is 26.5 Å². The van der Waals surface area contributed by atoms with E-state index in [0.717, 1.165) is 14.3 Å². The van der Waals surface area contributed by atoms with E-state index in [2.05, 4.69) is 31.9 Å². The third-order valence-corrected chi connectivity index (χ3v) is 5.62. The lowest BCUT2D eigenvalue weighted by Crippen LogP contribution is -2.04. The predicted molar refractivity (Wildman–Crippen MR) is 74.2 cm³/mol. The Bertz CT molecular complexity index is 618. The molecule has 1 aromatic heterocycles. The third kappa shape index (κ3) is 2.55. The number of aryl methyl sites for hydroxylation is 1. The molecule has 0 bridgehead atoms. The zero-order valence-electron chi connectivity index (χ0n) is 9.06. The highest BCUT2D eigenvalue weighted by molar-refractivity contribution is 9.13. The average Bonchev–Trinajstić information content (AvgIpc) is 2.63. The molecule has 18 heavy (non-hydrogen) atoms. The Morgan fingerprint density at radius 3 is 2.39 bits per heavy atom. The lowest BCUT2D eigenvalue weighted by atomic mass is 10.1. The molecule has 0 aliphatic carbocycles. The first-order valence-electron chi connectivity index (χ1n) is 4.85. The Morgan fingerprint density at radius 1 is 1.17 bits per heavy atom. The molecule has 1 heterocycles. The van der Waals surface area contributed by atoms with Gasteiger partial charge in [0.05, 0.1) is 14.2 Å². The van der Waals surface area contributed by atoms with Crippen molar-refractivity contribution in [2.24, 2.45) is 0 Å². The van der Waals surface area contributed by atoms with Crippen molar-refractivity contribution in [3.63, 3.8) is 0 Å². The number of carbonyl (C=O) groups excluding carboxylic acids is 1. The number of hydrogen-bond donors (Lipinski definition) is 0. The van der Waals surface area contributed by atoms with Crippen molar-refractivity contribution in [3.8, 4) is 0 Å². The van der Waals surface area contributed by atoms with E-state index < -0.39 is 17.4 Å². The van der Waals surface area contributed by atoms with Crippen LogP contribution in [-0.2, 0) is 0 Å². The third-order valence-electron chi connectivity index (χ3n) is 2.36. The molecule has 0 aliphatic heterocycles. The van der Waals surface area contributed by atoms with E-state index in [-0.39, 0.29) is 11.1 Å². The number of thiophene rings is 1. The molecule has 0 unspecified atom stereocenters. The molecule has 6 heteroatoms. The molecule has 0 N–H and O–H groups in total. The summed E-state index contributed by atoms with van der Waals surface area (Å²) in [5.74, 6) is -1.95. The fraction of sp³-hybridized carbons (Fsp3) is 0.0833. The number of rotatable bonds is 2. The maximum absolute atomic E-state index is 13.6. The molecule has 0 spiro atoms. The van der Waals surface area contributed by atoms with E-state index in [1.165, 1.54) is 24.3 Å². The summed E-state index contributed by atoms with van der Waals surface area (Å²) in [4.78, 5) is 12.5. The zero-order valence-corrected chi connectivity index (χ0v) is 13.0. The Hall–Kier alpha value is -0.590. The second-order valence-corrected chi connectivity index (χ2v) is 6.87. The number of benzene rings is 1. The van der Waals surface area contributed by atoms with Crippen LogP contribution in [0, 0.1) is 18.6 Å². The van der Waals surface area contributed by atoms with Gasteiger partial charge in [0, 0.05) is 10.5 Å². The highest BCUT2D eigenvalue weighted by Gasteiger charge is 2.19. The smallest absolute Gasteiger partial charge is 0.205 e. The van der Waals surface area contributed by atoms with Gasteiger partial charge in [-0.15, -0.1) is 11.3 Å². The van der Waals surface area contributed by atoms with Crippen molar-refractivity contribution in [1.82, 2.24) is 0 Å². The Kier molecular flexibility index (Phi) is 3.99. The van der Waals surface area contributed by atoms with Gasteiger partial charge >= 0.3 is 0 Å². The SMILES string of the molecule is Cc1cc(C(=O)c2cc(Br)c(Br)s2)c(F)cc1F. The zero-order chi connectivity index (χ0) is 13.4. The van der Waals surface area contributed by atoms with Gasteiger partial charge in [-0.1, -0.05) is 0 Å². The summed E-state index contributed by atoms with van der Waals surface area (Å²) in [6.45, 7) is 1.49. The van der Waals surface area contributed by atoms with Crippen LogP contribution < -0.4 is 0 Å². The first kappa shape index (κ1) is 13.8. The fourth-order valence-electron chi connectivity index (χ4n) is 1.42. The molecule has 0 atom stereocenters. The molecule has 2 rings (SSSR count). The van der Waals surface area contributed by atoms with E-state index in [9.17, 15) is 13.6 Å². The predicted octanol–water partition coefficient (Wildman–Crippen LogP) is 5.09. The van der Waals surface area contributed by atoms with Gasteiger partial charge in [0.15, 0.2) is 0 Å². The molecule has 2 aromatic rings. The summed E-state index contributed by atoms with van der Waals surface area (Å²) >= 11 is 7.72. The highest BCUT2D eigenvalue weighted by atomic mass is 79.9. The summed E-state index contributed by atoms with van der Waals surface area (Å²) in [5, 5.41) is 0. The number of hydrogen-bond acceptors (Lipinski definition) is 2. The first-order valence-corrected chi connectivity index (χ1v) is 7.25. The van der Waals surface area contributed by atoms with Crippen molar-refractivity contribution < 1.29 is 13.6 Å². The van der Waals surface area contributed by atoms with Gasteiger partial charge in [-0.05, 0) is 56.5 Å². The normalized spacial score (nSPS) is 10.7. The minimum absolute atomic E-state index is 0.116. The van der Waals surface area contributed by atoms with Crippen LogP contribution in [0.25, 0.3) is 0 Å². The van der Waals surface area contributed by atoms with Crippen LogP contribution in [-0.4, -0.2) is 5.78 Å². The standard InChI is InChI=1S/C12H6Br2F2OS/c1-5-2-6(9(16)4-8(5)15)11(17)10-3-7(13)12(14)18-10/h2-4H,1H3. The number of ketones is 1. The van der Waals surface area contributed by atoms with E-state index in [1.54, 1.807) is 6.07 Å². The van der Waals surface area contributed by atoms with Gasteiger partial charge in [0.2, 0.25) is 5.78 Å². The fourth-order valence-corrected chi connectivity index (χ4v) is 3.41. The van der Waals surface area contributed by atoms with Crippen molar-refractivity contribution in [1.29, 1.82) is 0 Å². The average molecular weight is 396 g/mol. The molecule has 0 radical (unpaired) electrons. The Morgan fingerprint density at radius 2 is 1.83 bits per heavy atom. The molecule has 0 saturated heterocycles. The summed E-state index contributed by atoms with van der Waals surface area (Å²) < 4.78 is 28.2. The van der Waals surface area contributed by atoms with Crippen LogP contribution in [0.4, 0.5) is 8.78 Å². The lowest BCUT2D eigenvalue weighted by Gasteiger charge is -2.03. The highest BCUT2D eigenvalue weighted by Crippen LogP contribution is 2.34. The minimum atomic E-state index is -0.844. The van der Waals surface area contributed by atoms with Crippen molar-refractivity contribution >= 4 is 49.0 Å². The van der Waals surface area contributed by atoms with Crippen LogP contribution in [0.5, 0.6) is 0 Å². The Labute approximate surface area is 123 Å². The van der Waals surface area contributed by atoms with Crippen LogP contribution in [0.2, 0.25) is 0 Å². The second kappa shape index (κ2) is 5.19. The minimum Gasteiger partial charge on any atom is -0.288 e. The van der Waals surface area contributed by atoms with Gasteiger partial charge in [-0.3, -0.25) is 4.79 Å². The van der Waals surface area contributed by atoms with E-state index in [4.69, 9.17) is 0 Å². The molecule has 0 amide bonds. The van der Waals surface area contributed by atoms with Crippen molar-refractivity contribution in [2.75, 3.05) is 0 Å². The maximum Gasteiger partial charge on any atom is 0.205 e. The van der Waals surface area contributed by atoms with E-state index in [0.29, 0.717) is 4.88 Å². The molecule has 0 fully saturated rings. The van der Waals surface area contributed by atoms with Crippen molar-refractivity contribution in [3.05, 3.63) is 54.1 Å². The first-order chi connectivity index (χ1) is 8.40. The van der Waals surface area contributed by atoms with Gasteiger partial charge in [0.25, 0.3) is 0 Å². The summed E-state index contributed by atoms with van der Waals surface area (Å²) in [6.07, 6.45) is 0. The van der Waals surface area contributed by atoms with E-state index in [1.807, 2.05) is 0 Å². The molecule has 0 saturated carbocycles. The summed E-state index contributed by atoms with van der Waals surface area (Å²) in [7, 11) is 0. The van der Waals surface area contributed by atoms with Crippen molar-refractivity contribution in [2.45, 2.75) is 6.92 Å². The topological polar surface area (TPSA) is 17.1 Å². The number of halogens is 4. The monoisotopic (exact) mass is 394 g/mol. The molecule has 94 valence electrons.